The summed E-state index contributed by atoms with van der Waals surface area (Å²) >= 11 is 0. The van der Waals surface area contributed by atoms with E-state index in [4.69, 9.17) is 18.9 Å². The van der Waals surface area contributed by atoms with Gasteiger partial charge in [0.25, 0.3) is 0 Å². The number of para-hydroxylation sites is 1. The third kappa shape index (κ3) is 5.72. The maximum Gasteiger partial charge on any atom is 0.319 e. The van der Waals surface area contributed by atoms with Gasteiger partial charge in [-0.3, -0.25) is 0 Å². The molecule has 0 spiro atoms. The third-order valence-electron chi connectivity index (χ3n) is 5.09. The molecule has 162 valence electrons. The second kappa shape index (κ2) is 10.6. The number of nitrogens with one attached hydrogen (secondary N) is 2. The number of methoxy groups -OCH3 is 2. The molecule has 30 heavy (non-hydrogen) atoms. The fraction of sp³-hybridized carbons (Fsp3) is 0.435. The summed E-state index contributed by atoms with van der Waals surface area (Å²) in [4.78, 5) is 12.3. The topological polar surface area (TPSA) is 78.1 Å². The molecule has 0 unspecified atom stereocenters. The van der Waals surface area contributed by atoms with Crippen LogP contribution in [0.4, 0.5) is 10.5 Å². The second-order valence-corrected chi connectivity index (χ2v) is 7.14. The molecule has 0 aromatic heterocycles. The van der Waals surface area contributed by atoms with E-state index in [1.54, 1.807) is 14.2 Å². The van der Waals surface area contributed by atoms with Crippen molar-refractivity contribution in [2.45, 2.75) is 44.8 Å². The Kier molecular flexibility index (Phi) is 7.65. The summed E-state index contributed by atoms with van der Waals surface area (Å²) in [6.07, 6.45) is 3.50. The number of rotatable bonds is 8. The molecule has 1 saturated carbocycles. The minimum atomic E-state index is -0.196. The lowest BCUT2D eigenvalue weighted by atomic mass is 9.93. The van der Waals surface area contributed by atoms with Crippen LogP contribution in [-0.4, -0.2) is 39.0 Å². The van der Waals surface area contributed by atoms with E-state index in [2.05, 4.69) is 10.6 Å². The Balaban J connectivity index is 1.46. The Morgan fingerprint density at radius 3 is 2.30 bits per heavy atom. The molecular weight excluding hydrogens is 384 g/mol. The van der Waals surface area contributed by atoms with Crippen LogP contribution in [0.15, 0.2) is 42.5 Å². The second-order valence-electron chi connectivity index (χ2n) is 7.14. The fourth-order valence-electron chi connectivity index (χ4n) is 3.61. The largest absolute Gasteiger partial charge is 0.494 e. The average molecular weight is 415 g/mol. The van der Waals surface area contributed by atoms with Gasteiger partial charge in [0.2, 0.25) is 5.75 Å². The van der Waals surface area contributed by atoms with Crippen LogP contribution in [0.2, 0.25) is 0 Å². The fourth-order valence-corrected chi connectivity index (χ4v) is 3.61. The summed E-state index contributed by atoms with van der Waals surface area (Å²) < 4.78 is 22.3. The Hall–Kier alpha value is -3.09. The number of anilines is 1. The highest BCUT2D eigenvalue weighted by Crippen LogP contribution is 2.38. The normalized spacial score (nSPS) is 18.2. The molecule has 0 heterocycles. The number of amides is 2. The molecule has 1 fully saturated rings. The van der Waals surface area contributed by atoms with Crippen LogP contribution in [-0.2, 0) is 0 Å². The third-order valence-corrected chi connectivity index (χ3v) is 5.09. The molecule has 7 nitrogen and oxygen atoms in total. The molecule has 0 radical (unpaired) electrons. The molecule has 7 heteroatoms. The summed E-state index contributed by atoms with van der Waals surface area (Å²) in [5.74, 6) is 2.72. The summed E-state index contributed by atoms with van der Waals surface area (Å²) in [5.41, 5.74) is 0.734. The molecule has 0 aliphatic heterocycles. The first kappa shape index (κ1) is 21.6. The van der Waals surface area contributed by atoms with Crippen molar-refractivity contribution in [3.63, 3.8) is 0 Å². The van der Waals surface area contributed by atoms with Crippen molar-refractivity contribution in [2.75, 3.05) is 26.1 Å². The summed E-state index contributed by atoms with van der Waals surface area (Å²) in [5, 5.41) is 5.92. The number of ether oxygens (including phenoxy) is 4. The molecule has 0 atom stereocenters. The van der Waals surface area contributed by atoms with Crippen LogP contribution in [0, 0.1) is 0 Å². The standard InChI is InChI=1S/C23H30N2O5/c1-4-29-18-12-8-16(9-13-18)24-23(26)25-17-10-14-19(15-11-17)30-21-7-5-6-20(27-2)22(21)28-3/h5-9,12-13,17,19H,4,10-11,14-15H2,1-3H3,(H2,24,25,26). The van der Waals surface area contributed by atoms with E-state index < -0.39 is 0 Å². The molecule has 0 bridgehead atoms. The number of carbonyl (C=O) groups is 1. The van der Waals surface area contributed by atoms with E-state index in [9.17, 15) is 4.79 Å². The molecule has 2 amide bonds. The van der Waals surface area contributed by atoms with Crippen molar-refractivity contribution >= 4 is 11.7 Å². The quantitative estimate of drug-likeness (QED) is 0.659. The highest BCUT2D eigenvalue weighted by molar-refractivity contribution is 5.89. The van der Waals surface area contributed by atoms with Crippen LogP contribution >= 0.6 is 0 Å². The van der Waals surface area contributed by atoms with Gasteiger partial charge in [0.15, 0.2) is 11.5 Å². The molecule has 1 aliphatic rings. The molecule has 2 aromatic rings. The van der Waals surface area contributed by atoms with Crippen molar-refractivity contribution in [3.05, 3.63) is 42.5 Å². The molecule has 3 rings (SSSR count). The van der Waals surface area contributed by atoms with Gasteiger partial charge >= 0.3 is 6.03 Å². The first-order valence-electron chi connectivity index (χ1n) is 10.3. The molecule has 2 N–H and O–H groups in total. The minimum absolute atomic E-state index is 0.0817. The van der Waals surface area contributed by atoms with E-state index in [0.717, 1.165) is 37.1 Å². The summed E-state index contributed by atoms with van der Waals surface area (Å²) in [7, 11) is 3.21. The van der Waals surface area contributed by atoms with Gasteiger partial charge in [0.1, 0.15) is 5.75 Å². The molecule has 2 aromatic carbocycles. The first-order chi connectivity index (χ1) is 14.6. The van der Waals surface area contributed by atoms with E-state index in [1.807, 2.05) is 49.4 Å². The summed E-state index contributed by atoms with van der Waals surface area (Å²) in [6, 6.07) is 12.9. The zero-order valence-electron chi connectivity index (χ0n) is 17.8. The van der Waals surface area contributed by atoms with E-state index in [1.165, 1.54) is 0 Å². The van der Waals surface area contributed by atoms with Crippen molar-refractivity contribution in [2.24, 2.45) is 0 Å². The first-order valence-corrected chi connectivity index (χ1v) is 10.3. The highest BCUT2D eigenvalue weighted by Gasteiger charge is 2.25. The van der Waals surface area contributed by atoms with Crippen molar-refractivity contribution in [3.8, 4) is 23.0 Å². The van der Waals surface area contributed by atoms with E-state index in [-0.39, 0.29) is 18.2 Å². The van der Waals surface area contributed by atoms with Gasteiger partial charge in [0, 0.05) is 11.7 Å². The molecule has 1 aliphatic carbocycles. The summed E-state index contributed by atoms with van der Waals surface area (Å²) in [6.45, 7) is 2.55. The van der Waals surface area contributed by atoms with Gasteiger partial charge in [-0.2, -0.15) is 0 Å². The zero-order chi connectivity index (χ0) is 21.3. The number of hydrogen-bond acceptors (Lipinski definition) is 5. The number of urea groups is 1. The maximum absolute atomic E-state index is 12.3. The molecule has 0 saturated heterocycles. The lowest BCUT2D eigenvalue weighted by Gasteiger charge is -2.30. The van der Waals surface area contributed by atoms with E-state index >= 15 is 0 Å². The lowest BCUT2D eigenvalue weighted by Crippen LogP contribution is -2.41. The Morgan fingerprint density at radius 1 is 0.967 bits per heavy atom. The SMILES string of the molecule is CCOc1ccc(NC(=O)NC2CCC(Oc3cccc(OC)c3OC)CC2)cc1. The predicted molar refractivity (Wildman–Crippen MR) is 116 cm³/mol. The van der Waals surface area contributed by atoms with Gasteiger partial charge < -0.3 is 29.6 Å². The lowest BCUT2D eigenvalue weighted by molar-refractivity contribution is 0.136. The smallest absolute Gasteiger partial charge is 0.319 e. The average Bonchev–Trinajstić information content (AvgIpc) is 2.76. The Labute approximate surface area is 177 Å². The van der Waals surface area contributed by atoms with Gasteiger partial charge in [-0.1, -0.05) is 6.07 Å². The van der Waals surface area contributed by atoms with Crippen LogP contribution in [0.3, 0.4) is 0 Å². The Bertz CT molecular complexity index is 817. The predicted octanol–water partition coefficient (Wildman–Crippen LogP) is 4.61. The number of benzene rings is 2. The monoisotopic (exact) mass is 414 g/mol. The van der Waals surface area contributed by atoms with E-state index in [0.29, 0.717) is 23.9 Å². The van der Waals surface area contributed by atoms with Crippen molar-refractivity contribution in [1.29, 1.82) is 0 Å². The van der Waals surface area contributed by atoms with Crippen molar-refractivity contribution < 1.29 is 23.7 Å². The highest BCUT2D eigenvalue weighted by atomic mass is 16.5. The van der Waals surface area contributed by atoms with Crippen LogP contribution < -0.4 is 29.6 Å². The van der Waals surface area contributed by atoms with Crippen LogP contribution in [0.25, 0.3) is 0 Å². The van der Waals surface area contributed by atoms with Crippen molar-refractivity contribution in [1.82, 2.24) is 5.32 Å². The van der Waals surface area contributed by atoms with Crippen LogP contribution in [0.1, 0.15) is 32.6 Å². The Morgan fingerprint density at radius 2 is 1.67 bits per heavy atom. The van der Waals surface area contributed by atoms with Gasteiger partial charge in [0.05, 0.1) is 26.9 Å². The minimum Gasteiger partial charge on any atom is -0.494 e. The van der Waals surface area contributed by atoms with Gasteiger partial charge in [-0.05, 0) is 69.0 Å². The van der Waals surface area contributed by atoms with Crippen LogP contribution in [0.5, 0.6) is 23.0 Å². The molecular formula is C23H30N2O5. The number of carbonyl (C=O) groups excluding carboxylic acids is 1. The van der Waals surface area contributed by atoms with Gasteiger partial charge in [-0.15, -0.1) is 0 Å². The van der Waals surface area contributed by atoms with Gasteiger partial charge in [-0.25, -0.2) is 4.79 Å². The zero-order valence-corrected chi connectivity index (χ0v) is 17.8. The number of hydrogen-bond donors (Lipinski definition) is 2. The maximum atomic E-state index is 12.3.